The third kappa shape index (κ3) is 6.39. The molecule has 0 fully saturated rings. The molecule has 0 N–H and O–H groups in total. The highest BCUT2D eigenvalue weighted by Crippen LogP contribution is 2.16. The molecule has 0 saturated heterocycles. The summed E-state index contributed by atoms with van der Waals surface area (Å²) in [5.74, 6) is 0. The van der Waals surface area contributed by atoms with Crippen LogP contribution in [0.4, 0.5) is 0 Å². The molecule has 0 bridgehead atoms. The van der Waals surface area contributed by atoms with Gasteiger partial charge in [-0.1, -0.05) is 29.8 Å². The smallest absolute Gasteiger partial charge is 0.158 e. The van der Waals surface area contributed by atoms with Crippen molar-refractivity contribution in [2.75, 3.05) is 26.8 Å². The van der Waals surface area contributed by atoms with E-state index in [4.69, 9.17) is 21.1 Å². The van der Waals surface area contributed by atoms with Crippen molar-refractivity contribution >= 4 is 11.6 Å². The fourth-order valence-electron chi connectivity index (χ4n) is 1.91. The third-order valence-electron chi connectivity index (χ3n) is 2.85. The van der Waals surface area contributed by atoms with Gasteiger partial charge in [0.05, 0.1) is 0 Å². The van der Waals surface area contributed by atoms with E-state index < -0.39 is 0 Å². The highest BCUT2D eigenvalue weighted by molar-refractivity contribution is 6.31. The van der Waals surface area contributed by atoms with E-state index >= 15 is 0 Å². The molecule has 0 amide bonds. The Bertz CT molecular complexity index is 354. The Morgan fingerprint density at radius 2 is 1.79 bits per heavy atom. The first-order valence-electron chi connectivity index (χ1n) is 6.82. The third-order valence-corrected chi connectivity index (χ3v) is 3.22. The Kier molecular flexibility index (Phi) is 8.07. The normalized spacial score (nSPS) is 11.5. The predicted octanol–water partition coefficient (Wildman–Crippen LogP) is 3.56. The SMILES string of the molecule is CCOC(CCN(C)Cc1ccccc1Cl)OCC. The van der Waals surface area contributed by atoms with Crippen LogP contribution in [0, 0.1) is 0 Å². The first kappa shape index (κ1) is 16.4. The van der Waals surface area contributed by atoms with Crippen LogP contribution in [0.5, 0.6) is 0 Å². The van der Waals surface area contributed by atoms with Gasteiger partial charge in [-0.3, -0.25) is 0 Å². The van der Waals surface area contributed by atoms with Gasteiger partial charge in [-0.25, -0.2) is 0 Å². The summed E-state index contributed by atoms with van der Waals surface area (Å²) in [5, 5.41) is 0.820. The summed E-state index contributed by atoms with van der Waals surface area (Å²) < 4.78 is 11.1. The molecule has 3 nitrogen and oxygen atoms in total. The quantitative estimate of drug-likeness (QED) is 0.648. The molecule has 4 heteroatoms. The van der Waals surface area contributed by atoms with Crippen LogP contribution in [-0.2, 0) is 16.0 Å². The maximum atomic E-state index is 6.15. The first-order valence-corrected chi connectivity index (χ1v) is 7.20. The van der Waals surface area contributed by atoms with Gasteiger partial charge in [0.15, 0.2) is 6.29 Å². The lowest BCUT2D eigenvalue weighted by Gasteiger charge is -2.22. The lowest BCUT2D eigenvalue weighted by molar-refractivity contribution is -0.141. The maximum absolute atomic E-state index is 6.15. The first-order chi connectivity index (χ1) is 9.17. The summed E-state index contributed by atoms with van der Waals surface area (Å²) >= 11 is 6.15. The van der Waals surface area contributed by atoms with Crippen LogP contribution in [0.2, 0.25) is 5.02 Å². The summed E-state index contributed by atoms with van der Waals surface area (Å²) in [5.41, 5.74) is 1.15. The summed E-state index contributed by atoms with van der Waals surface area (Å²) in [6.07, 6.45) is 0.756. The van der Waals surface area contributed by atoms with Gasteiger partial charge in [0, 0.05) is 37.7 Å². The monoisotopic (exact) mass is 285 g/mol. The highest BCUT2D eigenvalue weighted by Gasteiger charge is 2.10. The molecule has 19 heavy (non-hydrogen) atoms. The van der Waals surface area contributed by atoms with Crippen molar-refractivity contribution in [2.45, 2.75) is 33.1 Å². The minimum absolute atomic E-state index is 0.108. The van der Waals surface area contributed by atoms with E-state index in [1.54, 1.807) is 0 Å². The van der Waals surface area contributed by atoms with Crippen molar-refractivity contribution in [1.29, 1.82) is 0 Å². The van der Waals surface area contributed by atoms with Crippen LogP contribution in [0.15, 0.2) is 24.3 Å². The van der Waals surface area contributed by atoms with Crippen LogP contribution in [-0.4, -0.2) is 38.0 Å². The van der Waals surface area contributed by atoms with Crippen LogP contribution >= 0.6 is 11.6 Å². The molecule has 0 unspecified atom stereocenters. The van der Waals surface area contributed by atoms with Gasteiger partial charge in [-0.2, -0.15) is 0 Å². The van der Waals surface area contributed by atoms with Crippen molar-refractivity contribution in [3.05, 3.63) is 34.9 Å². The van der Waals surface area contributed by atoms with E-state index in [1.165, 1.54) is 0 Å². The minimum atomic E-state index is -0.108. The lowest BCUT2D eigenvalue weighted by Crippen LogP contribution is -2.26. The zero-order valence-electron chi connectivity index (χ0n) is 12.1. The zero-order chi connectivity index (χ0) is 14.1. The molecule has 108 valence electrons. The van der Waals surface area contributed by atoms with E-state index in [-0.39, 0.29) is 6.29 Å². The van der Waals surface area contributed by atoms with Crippen molar-refractivity contribution < 1.29 is 9.47 Å². The van der Waals surface area contributed by atoms with Crippen LogP contribution in [0.25, 0.3) is 0 Å². The second-order valence-corrected chi connectivity index (χ2v) is 4.87. The Labute approximate surface area is 121 Å². The van der Waals surface area contributed by atoms with Gasteiger partial charge in [0.1, 0.15) is 0 Å². The minimum Gasteiger partial charge on any atom is -0.353 e. The topological polar surface area (TPSA) is 21.7 Å². The molecule has 0 heterocycles. The number of hydrogen-bond acceptors (Lipinski definition) is 3. The van der Waals surface area contributed by atoms with E-state index in [9.17, 15) is 0 Å². The van der Waals surface area contributed by atoms with Crippen molar-refractivity contribution in [1.82, 2.24) is 4.90 Å². The Morgan fingerprint density at radius 3 is 2.37 bits per heavy atom. The molecular formula is C15H24ClNO2. The second kappa shape index (κ2) is 9.32. The predicted molar refractivity (Wildman–Crippen MR) is 79.4 cm³/mol. The molecule has 0 atom stereocenters. The summed E-state index contributed by atoms with van der Waals surface area (Å²) in [6.45, 7) is 7.08. The van der Waals surface area contributed by atoms with Gasteiger partial charge in [-0.15, -0.1) is 0 Å². The molecule has 1 aromatic rings. The molecule has 1 rings (SSSR count). The Morgan fingerprint density at radius 1 is 1.16 bits per heavy atom. The fraction of sp³-hybridized carbons (Fsp3) is 0.600. The van der Waals surface area contributed by atoms with Crippen LogP contribution in [0.1, 0.15) is 25.8 Å². The zero-order valence-corrected chi connectivity index (χ0v) is 12.8. The molecule has 0 radical (unpaired) electrons. The molecule has 0 aliphatic rings. The van der Waals surface area contributed by atoms with Crippen LogP contribution in [0.3, 0.4) is 0 Å². The van der Waals surface area contributed by atoms with Gasteiger partial charge in [0.25, 0.3) is 0 Å². The molecule has 0 aromatic heterocycles. The molecular weight excluding hydrogens is 262 g/mol. The van der Waals surface area contributed by atoms with E-state index in [0.717, 1.165) is 30.1 Å². The summed E-state index contributed by atoms with van der Waals surface area (Å²) in [7, 11) is 2.08. The Hall–Kier alpha value is -0.610. The highest BCUT2D eigenvalue weighted by atomic mass is 35.5. The van der Waals surface area contributed by atoms with Crippen molar-refractivity contribution in [3.8, 4) is 0 Å². The maximum Gasteiger partial charge on any atom is 0.158 e. The lowest BCUT2D eigenvalue weighted by atomic mass is 10.2. The summed E-state index contributed by atoms with van der Waals surface area (Å²) in [4.78, 5) is 2.23. The number of halogens is 1. The average molecular weight is 286 g/mol. The van der Waals surface area contributed by atoms with Gasteiger partial charge in [-0.05, 0) is 32.5 Å². The van der Waals surface area contributed by atoms with E-state index in [2.05, 4.69) is 18.0 Å². The standard InChI is InChI=1S/C15H24ClNO2/c1-4-18-15(19-5-2)10-11-17(3)12-13-8-6-7-9-14(13)16/h6-9,15H,4-5,10-12H2,1-3H3. The second-order valence-electron chi connectivity index (χ2n) is 4.46. The number of benzene rings is 1. The van der Waals surface area contributed by atoms with Gasteiger partial charge < -0.3 is 14.4 Å². The number of nitrogens with zero attached hydrogens (tertiary/aromatic N) is 1. The Balaban J connectivity index is 2.38. The summed E-state index contributed by atoms with van der Waals surface area (Å²) in [6, 6.07) is 7.94. The van der Waals surface area contributed by atoms with Crippen molar-refractivity contribution in [2.24, 2.45) is 0 Å². The molecule has 0 aliphatic carbocycles. The number of hydrogen-bond donors (Lipinski definition) is 0. The van der Waals surface area contributed by atoms with Gasteiger partial charge >= 0.3 is 0 Å². The average Bonchev–Trinajstić information content (AvgIpc) is 2.39. The fourth-order valence-corrected chi connectivity index (χ4v) is 2.10. The number of ether oxygens (including phenoxy) is 2. The molecule has 0 saturated carbocycles. The molecule has 0 spiro atoms. The van der Waals surface area contributed by atoms with Crippen molar-refractivity contribution in [3.63, 3.8) is 0 Å². The largest absolute Gasteiger partial charge is 0.353 e. The van der Waals surface area contributed by atoms with E-state index in [1.807, 2.05) is 32.0 Å². The molecule has 1 aromatic carbocycles. The number of rotatable bonds is 9. The van der Waals surface area contributed by atoms with Crippen LogP contribution < -0.4 is 0 Å². The van der Waals surface area contributed by atoms with E-state index in [0.29, 0.717) is 13.2 Å². The molecule has 0 aliphatic heterocycles. The van der Waals surface area contributed by atoms with Gasteiger partial charge in [0.2, 0.25) is 0 Å².